The Morgan fingerprint density at radius 3 is 2.14 bits per heavy atom. The van der Waals surface area contributed by atoms with E-state index >= 15 is 0 Å². The number of aromatic nitrogens is 1. The standard InChI is InChI=1S/C22H30N2O4Si/c1-21(2,3)29(6,7)28-18-12-10-17(11-13-18)22(4,20(26)27-5)24-19(25)16-9-8-14-23-15-16/h8-15H,1-7H3,(H,24,25). The van der Waals surface area contributed by atoms with Gasteiger partial charge in [-0.1, -0.05) is 32.9 Å². The number of nitrogens with one attached hydrogen (secondary N) is 1. The SMILES string of the molecule is COC(=O)C(C)(NC(=O)c1cccnc1)c1ccc(O[Si](C)(C)C(C)(C)C)cc1. The van der Waals surface area contributed by atoms with Gasteiger partial charge < -0.3 is 14.5 Å². The first-order valence-electron chi connectivity index (χ1n) is 9.51. The van der Waals surface area contributed by atoms with Crippen LogP contribution in [0.15, 0.2) is 48.8 Å². The number of amides is 1. The molecule has 0 aliphatic rings. The fourth-order valence-corrected chi connectivity index (χ4v) is 3.58. The molecule has 0 bridgehead atoms. The van der Waals surface area contributed by atoms with Crippen molar-refractivity contribution < 1.29 is 18.8 Å². The van der Waals surface area contributed by atoms with E-state index < -0.39 is 25.7 Å². The average molecular weight is 415 g/mol. The Morgan fingerprint density at radius 2 is 1.66 bits per heavy atom. The zero-order valence-electron chi connectivity index (χ0n) is 18.2. The zero-order valence-corrected chi connectivity index (χ0v) is 19.2. The van der Waals surface area contributed by atoms with Crippen molar-refractivity contribution in [3.05, 3.63) is 59.9 Å². The average Bonchev–Trinajstić information content (AvgIpc) is 2.67. The Kier molecular flexibility index (Phi) is 6.52. The van der Waals surface area contributed by atoms with Crippen LogP contribution in [0.3, 0.4) is 0 Å². The van der Waals surface area contributed by atoms with Crippen LogP contribution < -0.4 is 9.74 Å². The highest BCUT2D eigenvalue weighted by Crippen LogP contribution is 2.37. The zero-order chi connectivity index (χ0) is 21.9. The van der Waals surface area contributed by atoms with Crippen LogP contribution in [0, 0.1) is 0 Å². The number of pyridine rings is 1. The van der Waals surface area contributed by atoms with Crippen molar-refractivity contribution >= 4 is 20.2 Å². The molecule has 1 unspecified atom stereocenters. The van der Waals surface area contributed by atoms with Gasteiger partial charge in [-0.05, 0) is 54.9 Å². The number of carbonyl (C=O) groups is 2. The van der Waals surface area contributed by atoms with E-state index in [-0.39, 0.29) is 5.04 Å². The molecule has 1 amide bonds. The van der Waals surface area contributed by atoms with Gasteiger partial charge in [-0.2, -0.15) is 0 Å². The molecule has 0 aliphatic carbocycles. The topological polar surface area (TPSA) is 77.5 Å². The molecule has 0 aliphatic heterocycles. The molecule has 1 N–H and O–H groups in total. The number of nitrogens with zero attached hydrogens (tertiary/aromatic N) is 1. The predicted molar refractivity (Wildman–Crippen MR) is 115 cm³/mol. The fraction of sp³-hybridized carbons (Fsp3) is 0.409. The third-order valence-corrected chi connectivity index (χ3v) is 9.85. The lowest BCUT2D eigenvalue weighted by Gasteiger charge is -2.36. The highest BCUT2D eigenvalue weighted by atomic mass is 28.4. The molecule has 1 aromatic carbocycles. The van der Waals surface area contributed by atoms with Gasteiger partial charge >= 0.3 is 5.97 Å². The minimum absolute atomic E-state index is 0.0733. The van der Waals surface area contributed by atoms with Crippen LogP contribution in [-0.2, 0) is 15.1 Å². The number of rotatable bonds is 6. The van der Waals surface area contributed by atoms with Crippen molar-refractivity contribution in [1.82, 2.24) is 10.3 Å². The second-order valence-corrected chi connectivity index (χ2v) is 13.4. The maximum atomic E-state index is 12.6. The summed E-state index contributed by atoms with van der Waals surface area (Å²) in [7, 11) is -0.679. The summed E-state index contributed by atoms with van der Waals surface area (Å²) in [6.45, 7) is 12.5. The molecule has 0 radical (unpaired) electrons. The monoisotopic (exact) mass is 414 g/mol. The largest absolute Gasteiger partial charge is 0.544 e. The van der Waals surface area contributed by atoms with E-state index in [0.717, 1.165) is 5.75 Å². The number of hydrogen-bond acceptors (Lipinski definition) is 5. The maximum absolute atomic E-state index is 12.6. The minimum atomic E-state index is -1.98. The minimum Gasteiger partial charge on any atom is -0.544 e. The molecule has 0 spiro atoms. The van der Waals surface area contributed by atoms with Gasteiger partial charge in [-0.25, -0.2) is 4.79 Å². The molecule has 1 atom stereocenters. The molecule has 0 saturated heterocycles. The third-order valence-electron chi connectivity index (χ3n) is 5.49. The van der Waals surface area contributed by atoms with E-state index in [2.05, 4.69) is 44.2 Å². The van der Waals surface area contributed by atoms with Crippen molar-refractivity contribution in [1.29, 1.82) is 0 Å². The maximum Gasteiger partial charge on any atom is 0.336 e. The van der Waals surface area contributed by atoms with Crippen molar-refractivity contribution in [2.45, 2.75) is 51.4 Å². The first kappa shape index (κ1) is 22.6. The van der Waals surface area contributed by atoms with Crippen LogP contribution in [-0.4, -0.2) is 32.3 Å². The van der Waals surface area contributed by atoms with Crippen molar-refractivity contribution in [2.24, 2.45) is 0 Å². The Labute approximate surface area is 173 Å². The highest BCUT2D eigenvalue weighted by Gasteiger charge is 2.40. The van der Waals surface area contributed by atoms with Gasteiger partial charge in [0.1, 0.15) is 5.75 Å². The lowest BCUT2D eigenvalue weighted by Crippen LogP contribution is -2.50. The van der Waals surface area contributed by atoms with Crippen molar-refractivity contribution in [2.75, 3.05) is 7.11 Å². The third kappa shape index (κ3) is 5.03. The van der Waals surface area contributed by atoms with E-state index in [0.29, 0.717) is 11.1 Å². The van der Waals surface area contributed by atoms with Crippen LogP contribution in [0.5, 0.6) is 5.75 Å². The molecule has 6 nitrogen and oxygen atoms in total. The molecule has 7 heteroatoms. The van der Waals surface area contributed by atoms with Crippen LogP contribution in [0.1, 0.15) is 43.6 Å². The number of hydrogen-bond donors (Lipinski definition) is 1. The van der Waals surface area contributed by atoms with E-state index in [1.807, 2.05) is 12.1 Å². The number of methoxy groups -OCH3 is 1. The van der Waals surface area contributed by atoms with Crippen LogP contribution in [0.2, 0.25) is 18.1 Å². The number of benzene rings is 1. The lowest BCUT2D eigenvalue weighted by atomic mass is 9.91. The van der Waals surface area contributed by atoms with Crippen LogP contribution in [0.4, 0.5) is 0 Å². The Hall–Kier alpha value is -2.67. The summed E-state index contributed by atoms with van der Waals surface area (Å²) in [5, 5.41) is 2.86. The van der Waals surface area contributed by atoms with Crippen LogP contribution >= 0.6 is 0 Å². The summed E-state index contributed by atoms with van der Waals surface area (Å²) < 4.78 is 11.3. The summed E-state index contributed by atoms with van der Waals surface area (Å²) in [5.41, 5.74) is -0.387. The second-order valence-electron chi connectivity index (χ2n) is 8.70. The van der Waals surface area contributed by atoms with Gasteiger partial charge in [0.05, 0.1) is 12.7 Å². The Morgan fingerprint density at radius 1 is 1.03 bits per heavy atom. The van der Waals surface area contributed by atoms with Crippen LogP contribution in [0.25, 0.3) is 0 Å². The predicted octanol–water partition coefficient (Wildman–Crippen LogP) is 4.28. The van der Waals surface area contributed by atoms with Gasteiger partial charge in [0.15, 0.2) is 5.54 Å². The smallest absolute Gasteiger partial charge is 0.336 e. The fourth-order valence-electron chi connectivity index (χ4n) is 2.55. The van der Waals surface area contributed by atoms with Gasteiger partial charge in [0.25, 0.3) is 5.91 Å². The van der Waals surface area contributed by atoms with Gasteiger partial charge in [0.2, 0.25) is 8.32 Å². The molecular formula is C22H30N2O4Si. The lowest BCUT2D eigenvalue weighted by molar-refractivity contribution is -0.148. The number of carbonyl (C=O) groups excluding carboxylic acids is 2. The van der Waals surface area contributed by atoms with E-state index in [9.17, 15) is 9.59 Å². The normalized spacial score (nSPS) is 13.9. The Bertz CT molecular complexity index is 861. The molecule has 29 heavy (non-hydrogen) atoms. The second kappa shape index (κ2) is 8.37. The van der Waals surface area contributed by atoms with Gasteiger partial charge in [0, 0.05) is 12.4 Å². The summed E-state index contributed by atoms with van der Waals surface area (Å²) in [6.07, 6.45) is 3.03. The molecule has 1 heterocycles. The van der Waals surface area contributed by atoms with Gasteiger partial charge in [-0.15, -0.1) is 0 Å². The molecule has 156 valence electrons. The molecule has 1 aromatic heterocycles. The molecular weight excluding hydrogens is 384 g/mol. The van der Waals surface area contributed by atoms with Gasteiger partial charge in [-0.3, -0.25) is 9.78 Å². The molecule has 2 rings (SSSR count). The van der Waals surface area contributed by atoms with E-state index in [1.165, 1.54) is 13.3 Å². The Balaban J connectivity index is 2.31. The molecule has 0 fully saturated rings. The van der Waals surface area contributed by atoms with Crippen molar-refractivity contribution in [3.8, 4) is 5.75 Å². The van der Waals surface area contributed by atoms with Crippen molar-refractivity contribution in [3.63, 3.8) is 0 Å². The molecule has 2 aromatic rings. The summed E-state index contributed by atoms with van der Waals surface area (Å²) in [5.74, 6) is -0.230. The summed E-state index contributed by atoms with van der Waals surface area (Å²) >= 11 is 0. The number of esters is 1. The highest BCUT2D eigenvalue weighted by molar-refractivity contribution is 6.74. The summed E-state index contributed by atoms with van der Waals surface area (Å²) in [6, 6.07) is 10.5. The summed E-state index contributed by atoms with van der Waals surface area (Å²) in [4.78, 5) is 29.2. The van der Waals surface area contributed by atoms with E-state index in [4.69, 9.17) is 9.16 Å². The first-order chi connectivity index (χ1) is 13.4. The molecule has 0 saturated carbocycles. The quantitative estimate of drug-likeness (QED) is 0.564. The van der Waals surface area contributed by atoms with E-state index in [1.54, 1.807) is 37.4 Å². The number of ether oxygens (including phenoxy) is 1. The first-order valence-corrected chi connectivity index (χ1v) is 12.4.